The van der Waals surface area contributed by atoms with Gasteiger partial charge in [-0.3, -0.25) is 0 Å². The number of rotatable bonds is 8. The van der Waals surface area contributed by atoms with Crippen molar-refractivity contribution in [1.82, 2.24) is 0 Å². The molecule has 0 saturated heterocycles. The van der Waals surface area contributed by atoms with Gasteiger partial charge in [0, 0.05) is 27.1 Å². The van der Waals surface area contributed by atoms with Crippen LogP contribution in [0.25, 0.3) is 0 Å². The fraction of sp³-hybridized carbons (Fsp3) is 0.400. The number of aryl methyl sites for hydroxylation is 3. The number of halogens is 1. The van der Waals surface area contributed by atoms with Gasteiger partial charge in [-0.2, -0.15) is 0 Å². The molecule has 2 aromatic rings. The SMILES string of the molecule is COC(CCc1cc(O)ccc1C)(CCc1cc(O)ccc1F)OC. The fourth-order valence-corrected chi connectivity index (χ4v) is 2.95. The lowest BCUT2D eigenvalue weighted by atomic mass is 9.95. The van der Waals surface area contributed by atoms with E-state index in [1.807, 2.05) is 13.0 Å². The molecule has 0 heterocycles. The Kier molecular flexibility index (Phi) is 6.39. The quantitative estimate of drug-likeness (QED) is 0.705. The van der Waals surface area contributed by atoms with E-state index in [1.54, 1.807) is 26.4 Å². The summed E-state index contributed by atoms with van der Waals surface area (Å²) >= 11 is 0. The van der Waals surface area contributed by atoms with Crippen molar-refractivity contribution in [1.29, 1.82) is 0 Å². The van der Waals surface area contributed by atoms with Crippen LogP contribution in [0.4, 0.5) is 4.39 Å². The molecule has 5 heteroatoms. The van der Waals surface area contributed by atoms with Crippen LogP contribution in [0.3, 0.4) is 0 Å². The molecule has 0 aromatic heterocycles. The van der Waals surface area contributed by atoms with E-state index < -0.39 is 5.79 Å². The number of aromatic hydroxyl groups is 2. The van der Waals surface area contributed by atoms with E-state index in [9.17, 15) is 14.6 Å². The van der Waals surface area contributed by atoms with Gasteiger partial charge in [-0.15, -0.1) is 0 Å². The fourth-order valence-electron chi connectivity index (χ4n) is 2.95. The van der Waals surface area contributed by atoms with Gasteiger partial charge in [-0.25, -0.2) is 4.39 Å². The highest BCUT2D eigenvalue weighted by Crippen LogP contribution is 2.28. The Morgan fingerprint density at radius 1 is 0.880 bits per heavy atom. The smallest absolute Gasteiger partial charge is 0.168 e. The zero-order valence-electron chi connectivity index (χ0n) is 14.9. The third-order valence-corrected chi connectivity index (χ3v) is 4.66. The van der Waals surface area contributed by atoms with Crippen LogP contribution in [0.5, 0.6) is 11.5 Å². The van der Waals surface area contributed by atoms with Crippen molar-refractivity contribution in [2.45, 2.75) is 38.4 Å². The molecule has 25 heavy (non-hydrogen) atoms. The second-order valence-electron chi connectivity index (χ2n) is 6.21. The first-order chi connectivity index (χ1) is 11.9. The van der Waals surface area contributed by atoms with Gasteiger partial charge in [0.15, 0.2) is 5.79 Å². The molecule has 2 N–H and O–H groups in total. The Bertz CT molecular complexity index is 653. The van der Waals surface area contributed by atoms with Gasteiger partial charge in [0.2, 0.25) is 0 Å². The van der Waals surface area contributed by atoms with Crippen molar-refractivity contribution in [2.24, 2.45) is 0 Å². The lowest BCUT2D eigenvalue weighted by Gasteiger charge is -2.31. The minimum absolute atomic E-state index is 0.0345. The number of ether oxygens (including phenoxy) is 2. The minimum atomic E-state index is -0.865. The Morgan fingerprint density at radius 2 is 1.40 bits per heavy atom. The normalized spacial score (nSPS) is 11.7. The maximum absolute atomic E-state index is 13.9. The van der Waals surface area contributed by atoms with E-state index in [1.165, 1.54) is 18.2 Å². The number of methoxy groups -OCH3 is 2. The summed E-state index contributed by atoms with van der Waals surface area (Å²) < 4.78 is 25.1. The topological polar surface area (TPSA) is 58.9 Å². The molecular weight excluding hydrogens is 323 g/mol. The molecule has 0 fully saturated rings. The molecule has 4 nitrogen and oxygen atoms in total. The Balaban J connectivity index is 2.09. The number of phenols is 2. The highest BCUT2D eigenvalue weighted by Gasteiger charge is 2.29. The number of benzene rings is 2. The van der Waals surface area contributed by atoms with Gasteiger partial charge in [-0.1, -0.05) is 6.07 Å². The molecule has 0 radical (unpaired) electrons. The lowest BCUT2D eigenvalue weighted by Crippen LogP contribution is -2.35. The van der Waals surface area contributed by atoms with E-state index in [0.717, 1.165) is 11.1 Å². The van der Waals surface area contributed by atoms with Crippen LogP contribution in [0.15, 0.2) is 36.4 Å². The lowest BCUT2D eigenvalue weighted by molar-refractivity contribution is -0.214. The van der Waals surface area contributed by atoms with Gasteiger partial charge >= 0.3 is 0 Å². The summed E-state index contributed by atoms with van der Waals surface area (Å²) in [6, 6.07) is 9.26. The van der Waals surface area contributed by atoms with E-state index in [4.69, 9.17) is 9.47 Å². The van der Waals surface area contributed by atoms with Crippen molar-refractivity contribution in [3.05, 3.63) is 58.9 Å². The molecule has 0 spiro atoms. The van der Waals surface area contributed by atoms with Crippen LogP contribution in [0.2, 0.25) is 0 Å². The maximum atomic E-state index is 13.9. The predicted octanol–water partition coefficient (Wildman–Crippen LogP) is 4.10. The molecule has 0 unspecified atom stereocenters. The van der Waals surface area contributed by atoms with Crippen LogP contribution in [-0.2, 0) is 22.3 Å². The van der Waals surface area contributed by atoms with Crippen molar-refractivity contribution in [2.75, 3.05) is 14.2 Å². The van der Waals surface area contributed by atoms with Crippen molar-refractivity contribution in [3.8, 4) is 11.5 Å². The van der Waals surface area contributed by atoms with E-state index >= 15 is 0 Å². The molecule has 0 saturated carbocycles. The molecule has 0 aliphatic rings. The molecular formula is C20H25FO4. The number of hydrogen-bond acceptors (Lipinski definition) is 4. The highest BCUT2D eigenvalue weighted by atomic mass is 19.1. The van der Waals surface area contributed by atoms with Crippen LogP contribution in [-0.4, -0.2) is 30.2 Å². The Labute approximate surface area is 147 Å². The Hall–Kier alpha value is -2.11. The average Bonchev–Trinajstić information content (AvgIpc) is 2.61. The monoisotopic (exact) mass is 348 g/mol. The summed E-state index contributed by atoms with van der Waals surface area (Å²) in [4.78, 5) is 0. The molecule has 2 aromatic carbocycles. The summed E-state index contributed by atoms with van der Waals surface area (Å²) in [5.74, 6) is -0.965. The van der Waals surface area contributed by atoms with Crippen molar-refractivity contribution in [3.63, 3.8) is 0 Å². The zero-order chi connectivity index (χ0) is 18.4. The number of hydrogen-bond donors (Lipinski definition) is 2. The first-order valence-corrected chi connectivity index (χ1v) is 8.25. The van der Waals surface area contributed by atoms with Gasteiger partial charge in [0.05, 0.1) is 0 Å². The van der Waals surface area contributed by atoms with Crippen LogP contribution >= 0.6 is 0 Å². The first-order valence-electron chi connectivity index (χ1n) is 8.25. The third kappa shape index (κ3) is 4.94. The molecule has 2 rings (SSSR count). The molecule has 0 atom stereocenters. The zero-order valence-corrected chi connectivity index (χ0v) is 14.9. The second-order valence-corrected chi connectivity index (χ2v) is 6.21. The van der Waals surface area contributed by atoms with Gasteiger partial charge < -0.3 is 19.7 Å². The Morgan fingerprint density at radius 3 is 2.00 bits per heavy atom. The highest BCUT2D eigenvalue weighted by molar-refractivity contribution is 5.34. The largest absolute Gasteiger partial charge is 0.508 e. The number of phenolic OH excluding ortho intramolecular Hbond substituents is 2. The third-order valence-electron chi connectivity index (χ3n) is 4.66. The van der Waals surface area contributed by atoms with E-state index in [2.05, 4.69) is 0 Å². The summed E-state index contributed by atoms with van der Waals surface area (Å²) in [6.45, 7) is 1.98. The molecule has 0 bridgehead atoms. The van der Waals surface area contributed by atoms with Crippen molar-refractivity contribution >= 4 is 0 Å². The van der Waals surface area contributed by atoms with Gasteiger partial charge in [0.1, 0.15) is 17.3 Å². The minimum Gasteiger partial charge on any atom is -0.508 e. The summed E-state index contributed by atoms with van der Waals surface area (Å²) in [5.41, 5.74) is 2.52. The summed E-state index contributed by atoms with van der Waals surface area (Å²) in [7, 11) is 3.13. The van der Waals surface area contributed by atoms with Crippen molar-refractivity contribution < 1.29 is 24.1 Å². The molecule has 136 valence electrons. The van der Waals surface area contributed by atoms with E-state index in [-0.39, 0.29) is 17.3 Å². The molecule has 0 amide bonds. The first kappa shape index (κ1) is 19.2. The van der Waals surface area contributed by atoms with Gasteiger partial charge in [-0.05, 0) is 66.8 Å². The maximum Gasteiger partial charge on any atom is 0.168 e. The summed E-state index contributed by atoms with van der Waals surface area (Å²) in [6.07, 6.45) is 2.04. The second kappa shape index (κ2) is 8.32. The standard InChI is InChI=1S/C20H25FO4/c1-14-4-5-17(22)12-15(14)8-10-20(24-2,25-3)11-9-16-13-18(23)6-7-19(16)21/h4-7,12-13,22-23H,8-11H2,1-3H3. The molecule has 0 aliphatic heterocycles. The van der Waals surface area contributed by atoms with Crippen LogP contribution in [0, 0.1) is 12.7 Å². The molecule has 0 aliphatic carbocycles. The van der Waals surface area contributed by atoms with Gasteiger partial charge in [0.25, 0.3) is 0 Å². The van der Waals surface area contributed by atoms with E-state index in [0.29, 0.717) is 31.2 Å². The summed E-state index contributed by atoms with van der Waals surface area (Å²) in [5, 5.41) is 19.2. The predicted molar refractivity (Wildman–Crippen MR) is 94.3 cm³/mol. The van der Waals surface area contributed by atoms with Crippen LogP contribution in [0.1, 0.15) is 29.5 Å². The average molecular weight is 348 g/mol. The van der Waals surface area contributed by atoms with Crippen LogP contribution < -0.4 is 0 Å².